The van der Waals surface area contributed by atoms with Crippen LogP contribution in [0.3, 0.4) is 0 Å². The highest BCUT2D eigenvalue weighted by Gasteiger charge is 2.68. The third-order valence-corrected chi connectivity index (χ3v) is 11.7. The van der Waals surface area contributed by atoms with Crippen LogP contribution in [0.5, 0.6) is 0 Å². The molecule has 0 spiro atoms. The first-order valence-electron chi connectivity index (χ1n) is 15.2. The van der Waals surface area contributed by atoms with Crippen molar-refractivity contribution in [1.29, 1.82) is 5.26 Å². The number of ketones is 1. The highest BCUT2D eigenvalue weighted by Crippen LogP contribution is 2.56. The summed E-state index contributed by atoms with van der Waals surface area (Å²) >= 11 is 0. The molecule has 4 fully saturated rings. The smallest absolute Gasteiger partial charge is 0.281 e. The molecule has 1 aromatic carbocycles. The van der Waals surface area contributed by atoms with E-state index in [1.807, 2.05) is 11.9 Å². The van der Waals surface area contributed by atoms with Gasteiger partial charge in [0.05, 0.1) is 11.6 Å². The maximum atomic E-state index is 15.0. The Kier molecular flexibility index (Phi) is 7.27. The van der Waals surface area contributed by atoms with Crippen LogP contribution in [0.25, 0.3) is 0 Å². The number of carbonyl (C=O) groups excluding carboxylic acids is 2. The number of allylic oxidation sites excluding steroid dienone is 1. The van der Waals surface area contributed by atoms with Crippen LogP contribution in [-0.4, -0.2) is 87.8 Å². The van der Waals surface area contributed by atoms with E-state index in [9.17, 15) is 18.5 Å². The Morgan fingerprint density at radius 2 is 1.44 bits per heavy atom. The minimum absolute atomic E-state index is 0.0546. The van der Waals surface area contributed by atoms with Crippen molar-refractivity contribution in [2.45, 2.75) is 30.8 Å². The normalized spacial score (nSPS) is 25.7. The zero-order chi connectivity index (χ0) is 31.3. The van der Waals surface area contributed by atoms with Crippen LogP contribution in [0.2, 0.25) is 0 Å². The zero-order valence-electron chi connectivity index (χ0n) is 24.9. The van der Waals surface area contributed by atoms with Crippen molar-refractivity contribution in [1.82, 2.24) is 28.4 Å². The molecule has 1 amide bonds. The molecule has 12 heteroatoms. The Labute approximate surface area is 262 Å². The summed E-state index contributed by atoms with van der Waals surface area (Å²) in [5.74, 6) is -0.194. The van der Waals surface area contributed by atoms with Crippen LogP contribution in [-0.2, 0) is 20.5 Å². The monoisotopic (exact) mass is 623 g/mol. The van der Waals surface area contributed by atoms with E-state index in [0.717, 1.165) is 19.3 Å². The van der Waals surface area contributed by atoms with Gasteiger partial charge < -0.3 is 4.90 Å². The minimum Gasteiger partial charge on any atom is -0.339 e. The Balaban J connectivity index is 1.28. The van der Waals surface area contributed by atoms with Gasteiger partial charge in [-0.05, 0) is 72.5 Å². The molecule has 3 saturated heterocycles. The average Bonchev–Trinajstić information content (AvgIpc) is 3.44. The number of amides is 1. The highest BCUT2D eigenvalue weighted by atomic mass is 32.2. The van der Waals surface area contributed by atoms with Gasteiger partial charge in [0, 0.05) is 87.5 Å². The quantitative estimate of drug-likeness (QED) is 0.290. The zero-order valence-corrected chi connectivity index (χ0v) is 25.7. The van der Waals surface area contributed by atoms with E-state index < -0.39 is 15.7 Å². The number of pyridine rings is 2. The molecule has 1 unspecified atom stereocenters. The van der Waals surface area contributed by atoms with Crippen molar-refractivity contribution in [3.8, 4) is 6.07 Å². The first-order valence-corrected chi connectivity index (χ1v) is 16.6. The van der Waals surface area contributed by atoms with Gasteiger partial charge in [-0.1, -0.05) is 6.42 Å². The van der Waals surface area contributed by atoms with Gasteiger partial charge in [0.1, 0.15) is 5.82 Å². The second-order valence-electron chi connectivity index (χ2n) is 12.1. The summed E-state index contributed by atoms with van der Waals surface area (Å²) in [6.45, 7) is 1.74. The van der Waals surface area contributed by atoms with E-state index in [1.54, 1.807) is 86.8 Å². The predicted molar refractivity (Wildman–Crippen MR) is 164 cm³/mol. The molecule has 7 rings (SSSR count). The van der Waals surface area contributed by atoms with Gasteiger partial charge in [0.2, 0.25) is 0 Å². The average molecular weight is 624 g/mol. The molecule has 5 heterocycles. The molecule has 2 aromatic heterocycles. The van der Waals surface area contributed by atoms with Gasteiger partial charge in [-0.3, -0.25) is 24.5 Å². The summed E-state index contributed by atoms with van der Waals surface area (Å²) in [5, 5.41) is 9.21. The van der Waals surface area contributed by atoms with Crippen molar-refractivity contribution in [3.05, 3.63) is 107 Å². The SMILES string of the molecule is CN1C(=CC(=O)c2ccc(C#N)cc2)N(C2[C@H]3CN(S(=O)(=O)N4CCCCC4)C[C@@H]23)C(=O)C1(c1ccncc1)c1ccncc1. The van der Waals surface area contributed by atoms with Crippen molar-refractivity contribution < 1.29 is 18.0 Å². The first-order chi connectivity index (χ1) is 21.8. The summed E-state index contributed by atoms with van der Waals surface area (Å²) in [6.07, 6.45) is 10.8. The number of carbonyl (C=O) groups is 2. The van der Waals surface area contributed by atoms with Gasteiger partial charge in [0.15, 0.2) is 11.3 Å². The third kappa shape index (κ3) is 4.65. The van der Waals surface area contributed by atoms with E-state index in [4.69, 9.17) is 0 Å². The number of benzene rings is 1. The molecule has 3 aliphatic heterocycles. The van der Waals surface area contributed by atoms with Gasteiger partial charge >= 0.3 is 0 Å². The molecule has 1 aliphatic carbocycles. The van der Waals surface area contributed by atoms with E-state index in [-0.39, 0.29) is 29.6 Å². The second kappa shape index (κ2) is 11.2. The van der Waals surface area contributed by atoms with E-state index in [1.165, 1.54) is 6.08 Å². The molecule has 3 aromatic rings. The lowest BCUT2D eigenvalue weighted by Gasteiger charge is -2.35. The van der Waals surface area contributed by atoms with Crippen LogP contribution in [0, 0.1) is 23.2 Å². The Morgan fingerprint density at radius 3 is 1.98 bits per heavy atom. The Morgan fingerprint density at radius 1 is 0.889 bits per heavy atom. The fourth-order valence-electron chi connectivity index (χ4n) is 7.39. The molecule has 0 radical (unpaired) electrons. The number of hydrogen-bond donors (Lipinski definition) is 0. The molecule has 0 bridgehead atoms. The fraction of sp³-hybridized carbons (Fsp3) is 0.364. The molecule has 4 aliphatic rings. The molecule has 11 nitrogen and oxygen atoms in total. The van der Waals surface area contributed by atoms with Crippen LogP contribution >= 0.6 is 0 Å². The van der Waals surface area contributed by atoms with Crippen LogP contribution in [0.4, 0.5) is 0 Å². The van der Waals surface area contributed by atoms with Gasteiger partial charge in [0.25, 0.3) is 16.1 Å². The lowest BCUT2D eigenvalue weighted by atomic mass is 9.82. The second-order valence-corrected chi connectivity index (χ2v) is 14.0. The van der Waals surface area contributed by atoms with Crippen molar-refractivity contribution in [3.63, 3.8) is 0 Å². The Hall–Kier alpha value is -4.44. The van der Waals surface area contributed by atoms with Crippen LogP contribution in [0.1, 0.15) is 46.3 Å². The van der Waals surface area contributed by atoms with Crippen molar-refractivity contribution in [2.75, 3.05) is 33.2 Å². The van der Waals surface area contributed by atoms with E-state index in [0.29, 0.717) is 54.3 Å². The summed E-state index contributed by atoms with van der Waals surface area (Å²) < 4.78 is 30.1. The standard InChI is InChI=1S/C33H33N7O4S/c1-37-30(19-29(41)24-7-5-23(20-34)6-8-24)40(31-27-21-39(22-28(27)31)45(43,44)38-17-3-2-4-18-38)32(42)33(37,25-9-13-35-14-10-25)26-11-15-36-16-12-26/h5-16,19,27-28,31H,2-4,17-18,21-22H2,1H3/t27-,28+,31?. The van der Waals surface area contributed by atoms with Crippen LogP contribution < -0.4 is 0 Å². The molecule has 0 N–H and O–H groups in total. The molecular weight excluding hydrogens is 590 g/mol. The number of rotatable bonds is 7. The summed E-state index contributed by atoms with van der Waals surface area (Å²) in [5.41, 5.74) is 0.908. The lowest BCUT2D eigenvalue weighted by molar-refractivity contribution is -0.132. The molecule has 1 saturated carbocycles. The maximum Gasteiger partial charge on any atom is 0.281 e. The number of hydrogen-bond acceptors (Lipinski definition) is 8. The molecular formula is C33H33N7O4S. The van der Waals surface area contributed by atoms with E-state index >= 15 is 4.79 Å². The van der Waals surface area contributed by atoms with Gasteiger partial charge in [-0.15, -0.1) is 0 Å². The number of nitrogens with zero attached hydrogens (tertiary/aromatic N) is 7. The molecule has 3 atom stereocenters. The number of likely N-dealkylation sites (N-methyl/N-ethyl adjacent to an activating group) is 1. The lowest BCUT2D eigenvalue weighted by Crippen LogP contribution is -2.48. The summed E-state index contributed by atoms with van der Waals surface area (Å²) in [4.78, 5) is 40.6. The largest absolute Gasteiger partial charge is 0.339 e. The van der Waals surface area contributed by atoms with Crippen molar-refractivity contribution >= 4 is 21.9 Å². The highest BCUT2D eigenvalue weighted by molar-refractivity contribution is 7.86. The third-order valence-electron chi connectivity index (χ3n) is 9.76. The van der Waals surface area contributed by atoms with Crippen molar-refractivity contribution in [2.24, 2.45) is 11.8 Å². The number of aromatic nitrogens is 2. The first kappa shape index (κ1) is 29.3. The molecule has 230 valence electrons. The fourth-order valence-corrected chi connectivity index (χ4v) is 9.16. The minimum atomic E-state index is -3.57. The predicted octanol–water partition coefficient (Wildman–Crippen LogP) is 2.75. The maximum absolute atomic E-state index is 15.0. The van der Waals surface area contributed by atoms with Gasteiger partial charge in [-0.25, -0.2) is 0 Å². The number of piperidine rings is 2. The number of nitriles is 1. The van der Waals surface area contributed by atoms with E-state index in [2.05, 4.69) is 16.0 Å². The summed E-state index contributed by atoms with van der Waals surface area (Å²) in [7, 11) is -1.76. The summed E-state index contributed by atoms with van der Waals surface area (Å²) in [6, 6.07) is 15.4. The molecule has 45 heavy (non-hydrogen) atoms. The van der Waals surface area contributed by atoms with Crippen LogP contribution in [0.15, 0.2) is 85.2 Å². The van der Waals surface area contributed by atoms with Gasteiger partial charge in [-0.2, -0.15) is 22.3 Å². The Bertz CT molecular complexity index is 1750. The topological polar surface area (TPSA) is 131 Å². The number of fused-ring (bicyclic) bond motifs is 1.